The van der Waals surface area contributed by atoms with E-state index in [4.69, 9.17) is 17.3 Å². The van der Waals surface area contributed by atoms with Crippen LogP contribution < -0.4 is 11.1 Å². The van der Waals surface area contributed by atoms with Crippen LogP contribution in [0.25, 0.3) is 0 Å². The Balaban J connectivity index is 2.61. The molecule has 1 aromatic rings. The molecule has 0 fully saturated rings. The van der Waals surface area contributed by atoms with Gasteiger partial charge < -0.3 is 11.1 Å². The summed E-state index contributed by atoms with van der Waals surface area (Å²) in [6, 6.07) is 4.97. The van der Waals surface area contributed by atoms with Crippen molar-refractivity contribution in [2.24, 2.45) is 5.73 Å². The molecule has 0 radical (unpaired) electrons. The fourth-order valence-electron chi connectivity index (χ4n) is 1.19. The van der Waals surface area contributed by atoms with Crippen molar-refractivity contribution in [1.29, 1.82) is 0 Å². The quantitative estimate of drug-likeness (QED) is 0.768. The summed E-state index contributed by atoms with van der Waals surface area (Å²) < 4.78 is 1.03. The van der Waals surface area contributed by atoms with E-state index in [9.17, 15) is 4.79 Å². The summed E-state index contributed by atoms with van der Waals surface area (Å²) in [5.41, 5.74) is 6.37. The summed E-state index contributed by atoms with van der Waals surface area (Å²) in [5, 5.41) is 3.27. The second-order valence-corrected chi connectivity index (χ2v) is 6.14. The smallest absolute Gasteiger partial charge is 0.241 e. The van der Waals surface area contributed by atoms with Gasteiger partial charge in [-0.15, -0.1) is 0 Å². The summed E-state index contributed by atoms with van der Waals surface area (Å²) >= 11 is 9.85. The Kier molecular flexibility index (Phi) is 6.61. The Morgan fingerprint density at radius 2 is 2.35 bits per heavy atom. The zero-order valence-corrected chi connectivity index (χ0v) is 13.1. The third-order valence-corrected chi connectivity index (χ3v) is 3.79. The van der Waals surface area contributed by atoms with Crippen molar-refractivity contribution in [2.45, 2.75) is 12.5 Å². The topological polar surface area (TPSA) is 55.1 Å². The van der Waals surface area contributed by atoms with E-state index in [2.05, 4.69) is 27.9 Å². The monoisotopic (exact) mass is 384 g/mol. The Hall–Kier alpha value is 0.0200. The van der Waals surface area contributed by atoms with E-state index < -0.39 is 6.04 Å². The summed E-state index contributed by atoms with van der Waals surface area (Å²) in [7, 11) is 0. The number of anilines is 1. The lowest BCUT2D eigenvalue weighted by Gasteiger charge is -2.12. The number of carbonyl (C=O) groups excluding carboxylic acids is 1. The minimum Gasteiger partial charge on any atom is -0.323 e. The van der Waals surface area contributed by atoms with Gasteiger partial charge in [-0.1, -0.05) is 11.6 Å². The molecular weight excluding hydrogens is 371 g/mol. The fraction of sp³-hybridized carbons (Fsp3) is 0.364. The lowest BCUT2D eigenvalue weighted by atomic mass is 10.2. The van der Waals surface area contributed by atoms with Crippen LogP contribution in [-0.4, -0.2) is 24.0 Å². The average molecular weight is 385 g/mol. The molecule has 3 N–H and O–H groups in total. The molecule has 0 saturated heterocycles. The molecular formula is C11H14ClIN2OS. The summed E-state index contributed by atoms with van der Waals surface area (Å²) in [4.78, 5) is 11.7. The van der Waals surface area contributed by atoms with E-state index in [-0.39, 0.29) is 5.91 Å². The number of rotatable bonds is 5. The minimum atomic E-state index is -0.488. The molecule has 17 heavy (non-hydrogen) atoms. The van der Waals surface area contributed by atoms with Gasteiger partial charge in [-0.3, -0.25) is 4.79 Å². The van der Waals surface area contributed by atoms with Gasteiger partial charge in [-0.2, -0.15) is 11.8 Å². The van der Waals surface area contributed by atoms with E-state index in [0.717, 1.165) is 9.32 Å². The number of hydrogen-bond donors (Lipinski definition) is 2. The summed E-state index contributed by atoms with van der Waals surface area (Å²) in [6.45, 7) is 0. The van der Waals surface area contributed by atoms with Gasteiger partial charge in [0.05, 0.1) is 16.8 Å². The van der Waals surface area contributed by atoms with Crippen molar-refractivity contribution in [3.8, 4) is 0 Å². The molecule has 0 saturated carbocycles. The van der Waals surface area contributed by atoms with Crippen LogP contribution in [-0.2, 0) is 4.79 Å². The molecule has 0 unspecified atom stereocenters. The number of nitrogens with two attached hydrogens (primary N) is 1. The highest BCUT2D eigenvalue weighted by molar-refractivity contribution is 14.1. The van der Waals surface area contributed by atoms with Crippen LogP contribution >= 0.6 is 46.0 Å². The molecule has 0 aliphatic rings. The van der Waals surface area contributed by atoms with Crippen molar-refractivity contribution >= 4 is 57.5 Å². The van der Waals surface area contributed by atoms with Crippen LogP contribution in [0, 0.1) is 3.57 Å². The van der Waals surface area contributed by atoms with Gasteiger partial charge in [0.2, 0.25) is 5.91 Å². The number of amides is 1. The highest BCUT2D eigenvalue weighted by atomic mass is 127. The lowest BCUT2D eigenvalue weighted by molar-refractivity contribution is -0.117. The third kappa shape index (κ3) is 5.03. The molecule has 6 heteroatoms. The summed E-state index contributed by atoms with van der Waals surface area (Å²) in [6.07, 6.45) is 2.65. The Bertz CT molecular complexity index is 403. The van der Waals surface area contributed by atoms with Gasteiger partial charge in [0.25, 0.3) is 0 Å². The normalized spacial score (nSPS) is 12.2. The first-order valence-electron chi connectivity index (χ1n) is 5.05. The molecule has 0 spiro atoms. The first-order valence-corrected chi connectivity index (χ1v) is 7.90. The van der Waals surface area contributed by atoms with Crippen LogP contribution in [0.4, 0.5) is 5.69 Å². The zero-order valence-electron chi connectivity index (χ0n) is 9.37. The van der Waals surface area contributed by atoms with Gasteiger partial charge in [-0.25, -0.2) is 0 Å². The molecule has 0 heterocycles. The number of carbonyl (C=O) groups is 1. The molecule has 0 aliphatic heterocycles. The minimum absolute atomic E-state index is 0.192. The van der Waals surface area contributed by atoms with Crippen LogP contribution in [0.5, 0.6) is 0 Å². The second kappa shape index (κ2) is 7.45. The fourth-order valence-corrected chi connectivity index (χ4v) is 2.58. The second-order valence-electron chi connectivity index (χ2n) is 3.50. The highest BCUT2D eigenvalue weighted by Gasteiger charge is 2.14. The van der Waals surface area contributed by atoms with Crippen LogP contribution in [0.3, 0.4) is 0 Å². The molecule has 0 aromatic heterocycles. The predicted molar refractivity (Wildman–Crippen MR) is 83.8 cm³/mol. The van der Waals surface area contributed by atoms with Gasteiger partial charge in [0.1, 0.15) is 0 Å². The standard InChI is InChI=1S/C11H14ClIN2OS/c1-17-5-4-9(14)11(16)15-10-3-2-7(13)6-8(10)12/h2-3,6,9H,4-5,14H2,1H3,(H,15,16)/t9-/m1/s1. The van der Waals surface area contributed by atoms with E-state index in [1.54, 1.807) is 23.9 Å². The van der Waals surface area contributed by atoms with Gasteiger partial charge >= 0.3 is 0 Å². The molecule has 1 atom stereocenters. The van der Waals surface area contributed by atoms with Crippen LogP contribution in [0.15, 0.2) is 18.2 Å². The zero-order chi connectivity index (χ0) is 12.8. The number of nitrogens with one attached hydrogen (secondary N) is 1. The maximum atomic E-state index is 11.7. The van der Waals surface area contributed by atoms with E-state index >= 15 is 0 Å². The van der Waals surface area contributed by atoms with E-state index in [0.29, 0.717) is 17.1 Å². The molecule has 0 aliphatic carbocycles. The number of benzene rings is 1. The van der Waals surface area contributed by atoms with Crippen molar-refractivity contribution < 1.29 is 4.79 Å². The SMILES string of the molecule is CSCC[C@@H](N)C(=O)Nc1ccc(I)cc1Cl. The highest BCUT2D eigenvalue weighted by Crippen LogP contribution is 2.23. The largest absolute Gasteiger partial charge is 0.323 e. The van der Waals surface area contributed by atoms with Gasteiger partial charge in [0, 0.05) is 3.57 Å². The van der Waals surface area contributed by atoms with Crippen molar-refractivity contribution in [3.05, 3.63) is 26.8 Å². The van der Waals surface area contributed by atoms with Crippen LogP contribution in [0.1, 0.15) is 6.42 Å². The average Bonchev–Trinajstić information content (AvgIpc) is 2.29. The van der Waals surface area contributed by atoms with Gasteiger partial charge in [0.15, 0.2) is 0 Å². The van der Waals surface area contributed by atoms with Crippen molar-refractivity contribution in [2.75, 3.05) is 17.3 Å². The molecule has 1 amide bonds. The summed E-state index contributed by atoms with van der Waals surface area (Å²) in [5.74, 6) is 0.678. The Labute approximate surface area is 124 Å². The van der Waals surface area contributed by atoms with E-state index in [1.165, 1.54) is 0 Å². The third-order valence-electron chi connectivity index (χ3n) is 2.16. The number of hydrogen-bond acceptors (Lipinski definition) is 3. The Morgan fingerprint density at radius 3 is 2.94 bits per heavy atom. The first kappa shape index (κ1) is 15.1. The van der Waals surface area contributed by atoms with E-state index in [1.807, 2.05) is 12.3 Å². The number of thioether (sulfide) groups is 1. The molecule has 0 bridgehead atoms. The molecule has 94 valence electrons. The Morgan fingerprint density at radius 1 is 1.65 bits per heavy atom. The molecule has 3 nitrogen and oxygen atoms in total. The molecule has 1 aromatic carbocycles. The van der Waals surface area contributed by atoms with Crippen molar-refractivity contribution in [1.82, 2.24) is 0 Å². The van der Waals surface area contributed by atoms with Crippen molar-refractivity contribution in [3.63, 3.8) is 0 Å². The van der Waals surface area contributed by atoms with Crippen LogP contribution in [0.2, 0.25) is 5.02 Å². The van der Waals surface area contributed by atoms with Gasteiger partial charge in [-0.05, 0) is 59.2 Å². The predicted octanol–water partition coefficient (Wildman–Crippen LogP) is 2.96. The number of halogens is 2. The lowest BCUT2D eigenvalue weighted by Crippen LogP contribution is -2.36. The first-order chi connectivity index (χ1) is 8.04. The maximum Gasteiger partial charge on any atom is 0.241 e. The maximum absolute atomic E-state index is 11.7. The molecule has 1 rings (SSSR count).